The van der Waals surface area contributed by atoms with E-state index in [0.29, 0.717) is 4.47 Å². The number of aryl methyl sites for hydroxylation is 1. The molecule has 0 unspecified atom stereocenters. The van der Waals surface area contributed by atoms with E-state index in [2.05, 4.69) is 0 Å². The molecule has 2 nitrogen and oxygen atoms in total. The molecule has 5 heteroatoms. The number of hydrogen-bond donors (Lipinski definition) is 1. The molecule has 1 N–H and O–H groups in total. The van der Waals surface area contributed by atoms with Crippen molar-refractivity contribution in [1.29, 1.82) is 0 Å². The third-order valence-electron chi connectivity index (χ3n) is 1.94. The molecule has 1 rings (SSSR count). The van der Waals surface area contributed by atoms with E-state index in [9.17, 15) is 4.79 Å². The fourth-order valence-electron chi connectivity index (χ4n) is 1.07. The summed E-state index contributed by atoms with van der Waals surface area (Å²) in [6, 6.07) is 7.69. The molecule has 0 saturated carbocycles. The zero-order chi connectivity index (χ0) is 11.5. The maximum atomic E-state index is 10.4. The molecule has 0 aliphatic heterocycles. The third kappa shape index (κ3) is 4.20. The molecule has 0 aromatic heterocycles. The third-order valence-corrected chi connectivity index (χ3v) is 11.2. The van der Waals surface area contributed by atoms with Gasteiger partial charge in [-0.2, -0.15) is 0 Å². The van der Waals surface area contributed by atoms with Gasteiger partial charge in [0.15, 0.2) is 0 Å². The first kappa shape index (κ1) is 13.1. The fourth-order valence-corrected chi connectivity index (χ4v) is 6.91. The summed E-state index contributed by atoms with van der Waals surface area (Å²) in [5.74, 6) is -0.848. The number of carboxylic acid groups (broad SMARTS) is 1. The van der Waals surface area contributed by atoms with Crippen LogP contribution in [-0.2, 0) is 4.79 Å². The van der Waals surface area contributed by atoms with Gasteiger partial charge in [-0.15, -0.1) is 0 Å². The Balaban J connectivity index is 2.76. The average molecular weight is 363 g/mol. The van der Waals surface area contributed by atoms with Crippen LogP contribution in [0.1, 0.15) is 12.0 Å². The van der Waals surface area contributed by atoms with E-state index in [1.165, 1.54) is 0 Å². The Labute approximate surface area is 100 Å². The van der Waals surface area contributed by atoms with Gasteiger partial charge in [0.1, 0.15) is 0 Å². The van der Waals surface area contributed by atoms with Crippen molar-refractivity contribution in [2.75, 3.05) is 0 Å². The second-order valence-electron chi connectivity index (χ2n) is 3.24. The first-order chi connectivity index (χ1) is 6.92. The predicted octanol–water partition coefficient (Wildman–Crippen LogP) is 2.60. The van der Waals surface area contributed by atoms with Crippen LogP contribution in [0, 0.1) is 6.92 Å². The molecular formula is C10H12Cl2O2Te. The van der Waals surface area contributed by atoms with Crippen LogP contribution in [-0.4, -0.2) is 27.0 Å². The summed E-state index contributed by atoms with van der Waals surface area (Å²) in [7, 11) is 12.5. The molecule has 0 heterocycles. The molecule has 0 aliphatic rings. The molecular weight excluding hydrogens is 351 g/mol. The van der Waals surface area contributed by atoms with Gasteiger partial charge in [0.2, 0.25) is 0 Å². The van der Waals surface area contributed by atoms with Crippen molar-refractivity contribution >= 4 is 43.4 Å². The summed E-state index contributed by atoms with van der Waals surface area (Å²) >= 11 is -3.15. The molecule has 0 fully saturated rings. The summed E-state index contributed by atoms with van der Waals surface area (Å²) in [6.45, 7) is 1.98. The van der Waals surface area contributed by atoms with E-state index < -0.39 is 21.9 Å². The van der Waals surface area contributed by atoms with Crippen molar-refractivity contribution in [3.05, 3.63) is 29.8 Å². The summed E-state index contributed by atoms with van der Waals surface area (Å²) in [6.07, 6.45) is 0.0436. The van der Waals surface area contributed by atoms with Crippen LogP contribution in [0.25, 0.3) is 0 Å². The standard InChI is InChI=1S/C10H12Cl2O2Te/c1-8-2-4-9(5-3-8)15(11,12)7-6-10(13)14/h2-5H,6-7H2,1H3,(H,13,14). The van der Waals surface area contributed by atoms with E-state index in [1.54, 1.807) is 0 Å². The van der Waals surface area contributed by atoms with Crippen LogP contribution >= 0.6 is 17.9 Å². The summed E-state index contributed by atoms with van der Waals surface area (Å²) in [5, 5.41) is 8.58. The predicted molar refractivity (Wildman–Crippen MR) is 65.3 cm³/mol. The van der Waals surface area contributed by atoms with Gasteiger partial charge in [0, 0.05) is 0 Å². The van der Waals surface area contributed by atoms with Gasteiger partial charge in [-0.3, -0.25) is 0 Å². The Morgan fingerprint density at radius 3 is 2.33 bits per heavy atom. The zero-order valence-corrected chi connectivity index (χ0v) is 12.1. The SMILES string of the molecule is Cc1ccc([Te](Cl)(Cl)CCC(=O)O)cc1. The first-order valence-electron chi connectivity index (χ1n) is 4.40. The van der Waals surface area contributed by atoms with Crippen LogP contribution in [0.2, 0.25) is 4.47 Å². The van der Waals surface area contributed by atoms with Crippen LogP contribution in [0.5, 0.6) is 0 Å². The Morgan fingerprint density at radius 2 is 1.87 bits per heavy atom. The Kier molecular flexibility index (Phi) is 4.73. The molecule has 15 heavy (non-hydrogen) atoms. The van der Waals surface area contributed by atoms with Crippen LogP contribution in [0.4, 0.5) is 0 Å². The van der Waals surface area contributed by atoms with Crippen LogP contribution < -0.4 is 3.61 Å². The molecule has 0 atom stereocenters. The molecule has 84 valence electrons. The number of carboxylic acids is 1. The number of aliphatic carboxylic acids is 1. The monoisotopic (exact) mass is 364 g/mol. The normalized spacial score (nSPS) is 12.5. The van der Waals surface area contributed by atoms with E-state index >= 15 is 0 Å². The van der Waals surface area contributed by atoms with Gasteiger partial charge in [0.05, 0.1) is 0 Å². The molecule has 1 aromatic rings. The van der Waals surface area contributed by atoms with Crippen molar-refractivity contribution in [3.63, 3.8) is 0 Å². The number of hydrogen-bond acceptors (Lipinski definition) is 1. The summed E-state index contributed by atoms with van der Waals surface area (Å²) in [5.41, 5.74) is 1.14. The number of halogens is 2. The van der Waals surface area contributed by atoms with E-state index in [-0.39, 0.29) is 6.42 Å². The van der Waals surface area contributed by atoms with Crippen LogP contribution in [0.15, 0.2) is 24.3 Å². The molecule has 0 saturated heterocycles. The molecule has 0 bridgehead atoms. The van der Waals surface area contributed by atoms with Crippen molar-refractivity contribution in [2.45, 2.75) is 17.8 Å². The van der Waals surface area contributed by atoms with Crippen molar-refractivity contribution in [1.82, 2.24) is 0 Å². The van der Waals surface area contributed by atoms with Gasteiger partial charge >= 0.3 is 101 Å². The van der Waals surface area contributed by atoms with Gasteiger partial charge in [-0.25, -0.2) is 0 Å². The Morgan fingerprint density at radius 1 is 1.33 bits per heavy atom. The number of carbonyl (C=O) groups is 1. The molecule has 0 aliphatic carbocycles. The minimum atomic E-state index is -3.15. The molecule has 0 radical (unpaired) electrons. The van der Waals surface area contributed by atoms with Gasteiger partial charge in [0.25, 0.3) is 0 Å². The summed E-state index contributed by atoms with van der Waals surface area (Å²) in [4.78, 5) is 10.4. The Bertz CT molecular complexity index is 349. The molecule has 0 amide bonds. The number of rotatable bonds is 4. The van der Waals surface area contributed by atoms with Crippen molar-refractivity contribution in [3.8, 4) is 0 Å². The molecule has 1 aromatic carbocycles. The summed E-state index contributed by atoms with van der Waals surface area (Å²) < 4.78 is 1.32. The van der Waals surface area contributed by atoms with Crippen molar-refractivity contribution in [2.24, 2.45) is 0 Å². The van der Waals surface area contributed by atoms with Gasteiger partial charge in [-0.05, 0) is 0 Å². The van der Waals surface area contributed by atoms with Crippen LogP contribution in [0.3, 0.4) is 0 Å². The van der Waals surface area contributed by atoms with Gasteiger partial charge < -0.3 is 0 Å². The van der Waals surface area contributed by atoms with Crippen molar-refractivity contribution < 1.29 is 9.90 Å². The maximum absolute atomic E-state index is 10.4. The Hall–Kier alpha value is 0.0596. The molecule has 0 spiro atoms. The second kappa shape index (κ2) is 5.41. The quantitative estimate of drug-likeness (QED) is 0.836. The van der Waals surface area contributed by atoms with Gasteiger partial charge in [-0.1, -0.05) is 0 Å². The average Bonchev–Trinajstić information content (AvgIpc) is 2.16. The van der Waals surface area contributed by atoms with E-state index in [4.69, 9.17) is 23.0 Å². The second-order valence-corrected chi connectivity index (χ2v) is 17.2. The zero-order valence-electron chi connectivity index (χ0n) is 8.24. The minimum absolute atomic E-state index is 0.0436. The fraction of sp³-hybridized carbons (Fsp3) is 0.300. The number of benzene rings is 1. The van der Waals surface area contributed by atoms with E-state index in [1.807, 2.05) is 31.2 Å². The first-order valence-corrected chi connectivity index (χ1v) is 13.1. The topological polar surface area (TPSA) is 37.3 Å². The van der Waals surface area contributed by atoms with E-state index in [0.717, 1.165) is 9.17 Å².